The molecule has 0 unspecified atom stereocenters. The van der Waals surface area contributed by atoms with Gasteiger partial charge in [-0.05, 0) is 25.2 Å². The van der Waals surface area contributed by atoms with E-state index in [2.05, 4.69) is 16.0 Å². The van der Waals surface area contributed by atoms with Crippen LogP contribution in [0, 0.1) is 0 Å². The van der Waals surface area contributed by atoms with E-state index >= 15 is 0 Å². The van der Waals surface area contributed by atoms with E-state index in [0.29, 0.717) is 19.7 Å². The summed E-state index contributed by atoms with van der Waals surface area (Å²) in [5.74, 6) is 0. The summed E-state index contributed by atoms with van der Waals surface area (Å²) in [4.78, 5) is 10.1. The molecule has 16 heavy (non-hydrogen) atoms. The molecule has 6 nitrogen and oxygen atoms in total. The fraction of sp³-hybridized carbons (Fsp3) is 0.700. The van der Waals surface area contributed by atoms with Crippen molar-refractivity contribution in [3.8, 4) is 0 Å². The molecule has 0 aromatic rings. The summed E-state index contributed by atoms with van der Waals surface area (Å²) in [6.45, 7) is 3.47. The van der Waals surface area contributed by atoms with Crippen LogP contribution in [0.25, 0.3) is 0 Å². The maximum absolute atomic E-state index is 10.1. The van der Waals surface area contributed by atoms with E-state index in [9.17, 15) is 4.79 Å². The second-order valence-corrected chi connectivity index (χ2v) is 3.15. The Bertz CT molecular complexity index is 198. The van der Waals surface area contributed by atoms with E-state index < -0.39 is 6.09 Å². The minimum absolute atomic E-state index is 0.441. The number of carboxylic acid groups (broad SMARTS) is 1. The van der Waals surface area contributed by atoms with E-state index in [1.54, 1.807) is 7.11 Å². The van der Waals surface area contributed by atoms with Crippen molar-refractivity contribution in [3.63, 3.8) is 0 Å². The summed E-state index contributed by atoms with van der Waals surface area (Å²) in [7, 11) is 1.65. The second kappa shape index (κ2) is 11.8. The smallest absolute Gasteiger partial charge is 0.404 e. The van der Waals surface area contributed by atoms with Crippen LogP contribution in [0.5, 0.6) is 0 Å². The highest BCUT2D eigenvalue weighted by atomic mass is 16.5. The molecule has 0 radical (unpaired) electrons. The Morgan fingerprint density at radius 1 is 1.31 bits per heavy atom. The number of amides is 1. The van der Waals surface area contributed by atoms with Crippen LogP contribution >= 0.6 is 0 Å². The van der Waals surface area contributed by atoms with Gasteiger partial charge in [0.25, 0.3) is 0 Å². The maximum atomic E-state index is 10.1. The highest BCUT2D eigenvalue weighted by Gasteiger charge is 1.91. The highest BCUT2D eigenvalue weighted by Crippen LogP contribution is 1.75. The van der Waals surface area contributed by atoms with Crippen molar-refractivity contribution in [2.24, 2.45) is 0 Å². The third kappa shape index (κ3) is 12.7. The molecule has 4 N–H and O–H groups in total. The predicted molar refractivity (Wildman–Crippen MR) is 62.5 cm³/mol. The molecular formula is C10H21N3O3. The number of methoxy groups -OCH3 is 1. The molecule has 0 aromatic heterocycles. The minimum atomic E-state index is -0.980. The maximum Gasteiger partial charge on any atom is 0.404 e. The quantitative estimate of drug-likeness (QED) is 0.397. The van der Waals surface area contributed by atoms with Gasteiger partial charge in [-0.25, -0.2) is 4.79 Å². The van der Waals surface area contributed by atoms with Crippen LogP contribution in [0.3, 0.4) is 0 Å². The van der Waals surface area contributed by atoms with E-state index in [0.717, 1.165) is 19.5 Å². The number of carbonyl (C=O) groups is 1. The predicted octanol–water partition coefficient (Wildman–Crippen LogP) is -0.0166. The summed E-state index contributed by atoms with van der Waals surface area (Å²) in [5, 5.41) is 16.8. The molecule has 0 saturated carbocycles. The topological polar surface area (TPSA) is 82.6 Å². The largest absolute Gasteiger partial charge is 0.465 e. The van der Waals surface area contributed by atoms with Crippen LogP contribution in [-0.4, -0.2) is 51.1 Å². The monoisotopic (exact) mass is 231 g/mol. The van der Waals surface area contributed by atoms with Gasteiger partial charge in [-0.15, -0.1) is 0 Å². The first-order valence-electron chi connectivity index (χ1n) is 5.32. The number of hydrogen-bond acceptors (Lipinski definition) is 4. The van der Waals surface area contributed by atoms with Crippen LogP contribution < -0.4 is 16.0 Å². The standard InChI is InChI=1S/C10H21N3O3/c1-16-9-3-6-11-4-2-5-12-7-8-13-10(14)15/h3,6,11-13H,2,4-5,7-9H2,1H3,(H,14,15). The van der Waals surface area contributed by atoms with E-state index in [4.69, 9.17) is 9.84 Å². The summed E-state index contributed by atoms with van der Waals surface area (Å²) in [5.41, 5.74) is 0. The zero-order chi connectivity index (χ0) is 12.1. The molecule has 0 aromatic carbocycles. The van der Waals surface area contributed by atoms with Gasteiger partial charge in [0.2, 0.25) is 0 Å². The lowest BCUT2D eigenvalue weighted by Crippen LogP contribution is -2.31. The van der Waals surface area contributed by atoms with Crippen LogP contribution in [0.2, 0.25) is 0 Å². The van der Waals surface area contributed by atoms with E-state index in [1.165, 1.54) is 0 Å². The molecule has 0 rings (SSSR count). The molecule has 0 saturated heterocycles. The normalized spacial score (nSPS) is 10.6. The number of nitrogens with one attached hydrogen (secondary N) is 3. The van der Waals surface area contributed by atoms with Gasteiger partial charge in [-0.1, -0.05) is 0 Å². The second-order valence-electron chi connectivity index (χ2n) is 3.15. The molecule has 0 fully saturated rings. The van der Waals surface area contributed by atoms with Crippen LogP contribution in [0.15, 0.2) is 12.3 Å². The van der Waals surface area contributed by atoms with E-state index in [1.807, 2.05) is 12.3 Å². The Morgan fingerprint density at radius 3 is 2.81 bits per heavy atom. The Kier molecular flexibility index (Phi) is 10.9. The zero-order valence-electron chi connectivity index (χ0n) is 9.66. The van der Waals surface area contributed by atoms with Crippen LogP contribution in [0.1, 0.15) is 6.42 Å². The van der Waals surface area contributed by atoms with Gasteiger partial charge in [0.1, 0.15) is 0 Å². The van der Waals surface area contributed by atoms with Crippen LogP contribution in [-0.2, 0) is 4.74 Å². The average molecular weight is 231 g/mol. The first kappa shape index (κ1) is 14.7. The minimum Gasteiger partial charge on any atom is -0.465 e. The molecule has 0 aliphatic carbocycles. The van der Waals surface area contributed by atoms with Gasteiger partial charge in [-0.2, -0.15) is 0 Å². The van der Waals surface area contributed by atoms with Crippen molar-refractivity contribution in [3.05, 3.63) is 12.3 Å². The molecule has 0 aliphatic heterocycles. The van der Waals surface area contributed by atoms with Gasteiger partial charge in [0, 0.05) is 26.7 Å². The highest BCUT2D eigenvalue weighted by molar-refractivity contribution is 5.64. The lowest BCUT2D eigenvalue weighted by molar-refractivity contribution is 0.194. The number of rotatable bonds is 10. The molecule has 0 heterocycles. The fourth-order valence-corrected chi connectivity index (χ4v) is 1.01. The third-order valence-corrected chi connectivity index (χ3v) is 1.75. The molecular weight excluding hydrogens is 210 g/mol. The lowest BCUT2D eigenvalue weighted by atomic mass is 10.4. The first-order valence-corrected chi connectivity index (χ1v) is 5.32. The molecule has 0 bridgehead atoms. The zero-order valence-corrected chi connectivity index (χ0v) is 9.66. The molecule has 94 valence electrons. The molecule has 0 spiro atoms. The van der Waals surface area contributed by atoms with Gasteiger partial charge in [-0.3, -0.25) is 0 Å². The van der Waals surface area contributed by atoms with Crippen molar-refractivity contribution in [2.75, 3.05) is 39.9 Å². The van der Waals surface area contributed by atoms with Crippen LogP contribution in [0.4, 0.5) is 4.79 Å². The van der Waals surface area contributed by atoms with Crippen molar-refractivity contribution in [2.45, 2.75) is 6.42 Å². The van der Waals surface area contributed by atoms with Gasteiger partial charge in [0.15, 0.2) is 0 Å². The van der Waals surface area contributed by atoms with Crippen molar-refractivity contribution in [1.29, 1.82) is 0 Å². The van der Waals surface area contributed by atoms with Gasteiger partial charge < -0.3 is 25.8 Å². The van der Waals surface area contributed by atoms with Gasteiger partial charge in [0.05, 0.1) is 6.61 Å². The molecule has 6 heteroatoms. The average Bonchev–Trinajstić information content (AvgIpc) is 2.25. The summed E-state index contributed by atoms with van der Waals surface area (Å²) in [6, 6.07) is 0. The summed E-state index contributed by atoms with van der Waals surface area (Å²) in [6.07, 6.45) is 3.79. The summed E-state index contributed by atoms with van der Waals surface area (Å²) < 4.78 is 4.84. The number of ether oxygens (including phenoxy) is 1. The molecule has 1 amide bonds. The first-order chi connectivity index (χ1) is 7.77. The van der Waals surface area contributed by atoms with Gasteiger partial charge >= 0.3 is 6.09 Å². The Morgan fingerprint density at radius 2 is 2.12 bits per heavy atom. The Hall–Kier alpha value is -1.27. The molecule has 0 atom stereocenters. The van der Waals surface area contributed by atoms with Crippen molar-refractivity contribution < 1.29 is 14.6 Å². The van der Waals surface area contributed by atoms with Crippen molar-refractivity contribution in [1.82, 2.24) is 16.0 Å². The Balaban J connectivity index is 3.01. The third-order valence-electron chi connectivity index (χ3n) is 1.75. The summed E-state index contributed by atoms with van der Waals surface area (Å²) >= 11 is 0. The van der Waals surface area contributed by atoms with Crippen molar-refractivity contribution >= 4 is 6.09 Å². The SMILES string of the molecule is COCC=CNCCCNCCNC(=O)O. The fourth-order valence-electron chi connectivity index (χ4n) is 1.01. The number of hydrogen-bond donors (Lipinski definition) is 4. The lowest BCUT2D eigenvalue weighted by Gasteiger charge is -2.04. The molecule has 0 aliphatic rings. The van der Waals surface area contributed by atoms with E-state index in [-0.39, 0.29) is 0 Å². The Labute approximate surface area is 96.1 Å².